The van der Waals surface area contributed by atoms with Gasteiger partial charge in [-0.25, -0.2) is 24.9 Å². The van der Waals surface area contributed by atoms with Crippen molar-refractivity contribution < 1.29 is 4.42 Å². The Labute approximate surface area is 405 Å². The second-order valence-corrected chi connectivity index (χ2v) is 18.4. The first-order valence-electron chi connectivity index (χ1n) is 23.6. The molecule has 0 fully saturated rings. The normalized spacial score (nSPS) is 12.5. The highest BCUT2D eigenvalue weighted by Gasteiger charge is 2.37. The molecule has 1 aliphatic carbocycles. The summed E-state index contributed by atoms with van der Waals surface area (Å²) in [5, 5.41) is 2.17. The van der Waals surface area contributed by atoms with Gasteiger partial charge in [0.25, 0.3) is 0 Å². The van der Waals surface area contributed by atoms with E-state index in [9.17, 15) is 0 Å². The highest BCUT2D eigenvalue weighted by Crippen LogP contribution is 2.51. The predicted octanol–water partition coefficient (Wildman–Crippen LogP) is 16.2. The first-order chi connectivity index (χ1) is 34.4. The zero-order valence-electron chi connectivity index (χ0n) is 38.5. The quantitative estimate of drug-likeness (QED) is 0.151. The van der Waals surface area contributed by atoms with Crippen LogP contribution in [0.4, 0.5) is 0 Å². The van der Waals surface area contributed by atoms with Crippen molar-refractivity contribution >= 4 is 21.9 Å². The summed E-state index contributed by atoms with van der Waals surface area (Å²) in [4.78, 5) is 26.1. The minimum atomic E-state index is -0.170. The van der Waals surface area contributed by atoms with E-state index in [-0.39, 0.29) is 5.41 Å². The lowest BCUT2D eigenvalue weighted by Crippen LogP contribution is -2.14. The van der Waals surface area contributed by atoms with Crippen LogP contribution in [0.1, 0.15) is 25.0 Å². The van der Waals surface area contributed by atoms with E-state index in [4.69, 9.17) is 29.3 Å². The maximum Gasteiger partial charge on any atom is 0.164 e. The lowest BCUT2D eigenvalue weighted by atomic mass is 9.82. The SMILES string of the molecule is CC1(C)c2ccccc2-c2c(-c3nc(-c4ccc(-c5ccccc5)cc4)nc(-c4cccc(-c5cccc(-c6cc(-c7ccc8c(c7)oc7ccccc78)nc(-c7ccccc7)n6)c5)c4)n3)cccc21. The van der Waals surface area contributed by atoms with E-state index < -0.39 is 0 Å². The largest absolute Gasteiger partial charge is 0.456 e. The van der Waals surface area contributed by atoms with E-state index in [1.807, 2.05) is 42.5 Å². The maximum absolute atomic E-state index is 6.31. The number of furan rings is 1. The minimum absolute atomic E-state index is 0.170. The second-order valence-electron chi connectivity index (χ2n) is 18.4. The molecule has 9 aromatic carbocycles. The molecule has 0 spiro atoms. The number of para-hydroxylation sites is 1. The van der Waals surface area contributed by atoms with Gasteiger partial charge < -0.3 is 4.42 Å². The fourth-order valence-electron chi connectivity index (χ4n) is 10.2. The highest BCUT2D eigenvalue weighted by atomic mass is 16.3. The third-order valence-electron chi connectivity index (χ3n) is 13.8. The Morgan fingerprint density at radius 2 is 0.771 bits per heavy atom. The van der Waals surface area contributed by atoms with Crippen LogP contribution >= 0.6 is 0 Å². The molecular weight excluding hydrogens is 855 g/mol. The molecule has 3 heterocycles. The van der Waals surface area contributed by atoms with Gasteiger partial charge >= 0.3 is 0 Å². The molecule has 0 atom stereocenters. The Morgan fingerprint density at radius 3 is 1.54 bits per heavy atom. The Bertz CT molecular complexity index is 3970. The molecule has 0 radical (unpaired) electrons. The van der Waals surface area contributed by atoms with Gasteiger partial charge in [0.2, 0.25) is 0 Å². The van der Waals surface area contributed by atoms with Gasteiger partial charge in [0.1, 0.15) is 11.2 Å². The van der Waals surface area contributed by atoms with Crippen LogP contribution in [0.15, 0.2) is 229 Å². The maximum atomic E-state index is 6.31. The Morgan fingerprint density at radius 1 is 0.300 bits per heavy atom. The molecule has 6 heteroatoms. The summed E-state index contributed by atoms with van der Waals surface area (Å²) in [6.45, 7) is 4.60. The lowest BCUT2D eigenvalue weighted by Gasteiger charge is -2.21. The summed E-state index contributed by atoms with van der Waals surface area (Å²) >= 11 is 0. The third-order valence-corrected chi connectivity index (χ3v) is 13.8. The molecule has 0 saturated carbocycles. The topological polar surface area (TPSA) is 77.6 Å². The van der Waals surface area contributed by atoms with Gasteiger partial charge in [-0.15, -0.1) is 0 Å². The molecule has 1 aliphatic rings. The van der Waals surface area contributed by atoms with E-state index in [1.54, 1.807) is 0 Å². The van der Waals surface area contributed by atoms with E-state index in [0.29, 0.717) is 23.3 Å². The van der Waals surface area contributed by atoms with Gasteiger partial charge in [-0.05, 0) is 80.9 Å². The van der Waals surface area contributed by atoms with E-state index in [0.717, 1.165) is 89.0 Å². The van der Waals surface area contributed by atoms with Crippen LogP contribution in [0, 0.1) is 0 Å². The highest BCUT2D eigenvalue weighted by molar-refractivity contribution is 6.06. The molecule has 0 unspecified atom stereocenters. The first-order valence-corrected chi connectivity index (χ1v) is 23.6. The average Bonchev–Trinajstić information content (AvgIpc) is 3.92. The van der Waals surface area contributed by atoms with Crippen LogP contribution in [0.5, 0.6) is 0 Å². The van der Waals surface area contributed by atoms with Crippen LogP contribution in [0.3, 0.4) is 0 Å². The molecule has 0 aliphatic heterocycles. The van der Waals surface area contributed by atoms with Crippen LogP contribution in [-0.2, 0) is 5.41 Å². The van der Waals surface area contributed by atoms with Gasteiger partial charge in [0.15, 0.2) is 23.3 Å². The zero-order valence-corrected chi connectivity index (χ0v) is 38.5. The smallest absolute Gasteiger partial charge is 0.164 e. The van der Waals surface area contributed by atoms with Crippen molar-refractivity contribution in [2.75, 3.05) is 0 Å². The minimum Gasteiger partial charge on any atom is -0.456 e. The average molecular weight is 898 g/mol. The number of rotatable bonds is 8. The summed E-state index contributed by atoms with van der Waals surface area (Å²) in [7, 11) is 0. The molecule has 330 valence electrons. The van der Waals surface area contributed by atoms with Crippen molar-refractivity contribution in [3.05, 3.63) is 236 Å². The summed E-state index contributed by atoms with van der Waals surface area (Å²) in [6, 6.07) is 77.9. The van der Waals surface area contributed by atoms with E-state index in [2.05, 4.69) is 196 Å². The van der Waals surface area contributed by atoms with Crippen molar-refractivity contribution in [2.24, 2.45) is 0 Å². The predicted molar refractivity (Wildman–Crippen MR) is 284 cm³/mol. The summed E-state index contributed by atoms with van der Waals surface area (Å²) in [6.07, 6.45) is 0. The Kier molecular flexibility index (Phi) is 9.73. The van der Waals surface area contributed by atoms with Crippen molar-refractivity contribution in [1.29, 1.82) is 0 Å². The van der Waals surface area contributed by atoms with Crippen molar-refractivity contribution in [3.8, 4) is 101 Å². The second kappa shape index (κ2) is 16.6. The Hall–Kier alpha value is -9.13. The fourth-order valence-corrected chi connectivity index (χ4v) is 10.2. The van der Waals surface area contributed by atoms with Crippen LogP contribution in [-0.4, -0.2) is 24.9 Å². The summed E-state index contributed by atoms with van der Waals surface area (Å²) in [5.74, 6) is 2.50. The number of hydrogen-bond acceptors (Lipinski definition) is 6. The van der Waals surface area contributed by atoms with Gasteiger partial charge in [0, 0.05) is 49.6 Å². The molecule has 13 rings (SSSR count). The first kappa shape index (κ1) is 41.1. The monoisotopic (exact) mass is 897 g/mol. The van der Waals surface area contributed by atoms with Crippen molar-refractivity contribution in [3.63, 3.8) is 0 Å². The molecule has 0 N–H and O–H groups in total. The van der Waals surface area contributed by atoms with E-state index >= 15 is 0 Å². The summed E-state index contributed by atoms with van der Waals surface area (Å²) in [5.41, 5.74) is 18.1. The Balaban J connectivity index is 0.916. The molecule has 6 nitrogen and oxygen atoms in total. The van der Waals surface area contributed by atoms with Crippen molar-refractivity contribution in [2.45, 2.75) is 19.3 Å². The molecule has 0 bridgehead atoms. The number of aromatic nitrogens is 5. The van der Waals surface area contributed by atoms with Gasteiger partial charge in [-0.2, -0.15) is 0 Å². The summed E-state index contributed by atoms with van der Waals surface area (Å²) < 4.78 is 6.31. The van der Waals surface area contributed by atoms with Gasteiger partial charge in [-0.1, -0.05) is 202 Å². The van der Waals surface area contributed by atoms with E-state index in [1.165, 1.54) is 22.3 Å². The third kappa shape index (κ3) is 7.17. The zero-order chi connectivity index (χ0) is 46.8. The van der Waals surface area contributed by atoms with Gasteiger partial charge in [0.05, 0.1) is 11.4 Å². The van der Waals surface area contributed by atoms with Crippen LogP contribution in [0.2, 0.25) is 0 Å². The molecule has 70 heavy (non-hydrogen) atoms. The van der Waals surface area contributed by atoms with Crippen LogP contribution < -0.4 is 0 Å². The molecule has 0 saturated heterocycles. The fraction of sp³-hybridized carbons (Fsp3) is 0.0469. The molecule has 12 aromatic rings. The number of nitrogens with zero attached hydrogens (tertiary/aromatic N) is 5. The molecular formula is C64H43N5O. The van der Waals surface area contributed by atoms with Crippen LogP contribution in [0.25, 0.3) is 123 Å². The standard InChI is InChI=1S/C64H43N5O/c1-64(2)53-27-11-9-25-51(53)59-52(26-15-28-54(59)64)63-68-61(43-32-30-41(31-33-43)40-16-5-3-6-17-40)67-62(69-63)48-23-14-21-45(37-48)44-20-13-22-46(36-44)55-39-56(66-60(65-55)42-18-7-4-8-19-42)47-34-35-50-49-24-10-12-29-57(49)70-58(50)38-47/h3-39H,1-2H3. The van der Waals surface area contributed by atoms with Gasteiger partial charge in [-0.3, -0.25) is 0 Å². The number of benzene rings is 9. The molecule has 0 amide bonds. The number of hydrogen-bond donors (Lipinski definition) is 0. The number of fused-ring (bicyclic) bond motifs is 6. The van der Waals surface area contributed by atoms with Crippen molar-refractivity contribution in [1.82, 2.24) is 24.9 Å². The lowest BCUT2D eigenvalue weighted by molar-refractivity contribution is 0.660. The molecule has 3 aromatic heterocycles.